The zero-order chi connectivity index (χ0) is 19.4. The number of rotatable bonds is 5. The lowest BCUT2D eigenvalue weighted by Crippen LogP contribution is -1.99. The summed E-state index contributed by atoms with van der Waals surface area (Å²) in [5.74, 6) is 0.856. The monoisotopic (exact) mass is 376 g/mol. The van der Waals surface area contributed by atoms with E-state index in [1.807, 2.05) is 55.5 Å². The quantitative estimate of drug-likeness (QED) is 0.496. The molecule has 0 spiro atoms. The first-order chi connectivity index (χ1) is 13.0. The number of hydrogen-bond acceptors (Lipinski definition) is 2. The fraction of sp³-hybridized carbons (Fsp3) is 0.174. The molecule has 0 atom stereocenters. The van der Waals surface area contributed by atoms with E-state index < -0.39 is 0 Å². The maximum atomic E-state index is 9.63. The summed E-state index contributed by atoms with van der Waals surface area (Å²) in [5.41, 5.74) is 5.51. The third-order valence-corrected chi connectivity index (χ3v) is 4.79. The summed E-state index contributed by atoms with van der Waals surface area (Å²) in [6.07, 6.45) is 1.90. The number of nitriles is 1. The highest BCUT2D eigenvalue weighted by atomic mass is 35.5. The van der Waals surface area contributed by atoms with Crippen molar-refractivity contribution in [3.8, 4) is 17.5 Å². The molecule has 3 nitrogen and oxygen atoms in total. The highest BCUT2D eigenvalue weighted by Gasteiger charge is 2.12. The van der Waals surface area contributed by atoms with Crippen molar-refractivity contribution < 1.29 is 4.74 Å². The van der Waals surface area contributed by atoms with Crippen LogP contribution in [0.25, 0.3) is 17.3 Å². The largest absolute Gasteiger partial charge is 0.494 e. The van der Waals surface area contributed by atoms with Gasteiger partial charge in [-0.25, -0.2) is 0 Å². The highest BCUT2D eigenvalue weighted by Crippen LogP contribution is 2.28. The van der Waals surface area contributed by atoms with E-state index in [4.69, 9.17) is 16.3 Å². The van der Waals surface area contributed by atoms with Gasteiger partial charge < -0.3 is 9.30 Å². The Labute approximate surface area is 165 Å². The molecule has 0 amide bonds. The van der Waals surface area contributed by atoms with E-state index in [-0.39, 0.29) is 0 Å². The zero-order valence-electron chi connectivity index (χ0n) is 15.7. The number of hydrogen-bond donors (Lipinski definition) is 0. The summed E-state index contributed by atoms with van der Waals surface area (Å²) in [5, 5.41) is 10.2. The number of benzene rings is 2. The minimum Gasteiger partial charge on any atom is -0.494 e. The Morgan fingerprint density at radius 2 is 1.85 bits per heavy atom. The van der Waals surface area contributed by atoms with E-state index in [1.54, 1.807) is 6.07 Å². The van der Waals surface area contributed by atoms with Gasteiger partial charge >= 0.3 is 0 Å². The van der Waals surface area contributed by atoms with Gasteiger partial charge in [0.25, 0.3) is 0 Å². The number of ether oxygens (including phenoxy) is 1. The topological polar surface area (TPSA) is 38.0 Å². The lowest BCUT2D eigenvalue weighted by Gasteiger charge is -2.11. The van der Waals surface area contributed by atoms with E-state index >= 15 is 0 Å². The first kappa shape index (κ1) is 18.8. The fourth-order valence-corrected chi connectivity index (χ4v) is 3.43. The first-order valence-corrected chi connectivity index (χ1v) is 9.21. The minimum absolute atomic E-state index is 0.549. The van der Waals surface area contributed by atoms with Gasteiger partial charge in [0.05, 0.1) is 18.2 Å². The van der Waals surface area contributed by atoms with E-state index in [2.05, 4.69) is 30.6 Å². The van der Waals surface area contributed by atoms with Crippen LogP contribution in [-0.4, -0.2) is 11.2 Å². The van der Waals surface area contributed by atoms with Crippen molar-refractivity contribution in [2.45, 2.75) is 20.8 Å². The van der Waals surface area contributed by atoms with Gasteiger partial charge in [-0.15, -0.1) is 0 Å². The van der Waals surface area contributed by atoms with Gasteiger partial charge in [-0.3, -0.25) is 0 Å². The van der Waals surface area contributed by atoms with Gasteiger partial charge in [0.2, 0.25) is 0 Å². The average molecular weight is 377 g/mol. The molecule has 0 aliphatic rings. The summed E-state index contributed by atoms with van der Waals surface area (Å²) in [6.45, 7) is 6.73. The molecule has 0 N–H and O–H groups in total. The van der Waals surface area contributed by atoms with Gasteiger partial charge in [0.15, 0.2) is 0 Å². The van der Waals surface area contributed by atoms with Crippen LogP contribution >= 0.6 is 11.6 Å². The van der Waals surface area contributed by atoms with Crippen LogP contribution in [0.15, 0.2) is 54.6 Å². The number of allylic oxidation sites excluding steroid dienone is 1. The zero-order valence-corrected chi connectivity index (χ0v) is 16.4. The molecule has 0 aliphatic heterocycles. The lowest BCUT2D eigenvalue weighted by molar-refractivity contribution is 0.340. The van der Waals surface area contributed by atoms with Gasteiger partial charge in [0.1, 0.15) is 5.75 Å². The average Bonchev–Trinajstić information content (AvgIpc) is 2.95. The molecular formula is C23H21ClN2O. The lowest BCUT2D eigenvalue weighted by atomic mass is 10.0. The van der Waals surface area contributed by atoms with Gasteiger partial charge in [-0.05, 0) is 68.8 Å². The predicted molar refractivity (Wildman–Crippen MR) is 111 cm³/mol. The third-order valence-electron chi connectivity index (χ3n) is 4.46. The normalized spacial score (nSPS) is 11.3. The second-order valence-corrected chi connectivity index (χ2v) is 6.65. The molecule has 1 heterocycles. The molecule has 0 saturated heterocycles. The smallest absolute Gasteiger partial charge is 0.119 e. The van der Waals surface area contributed by atoms with Crippen LogP contribution in [0.4, 0.5) is 0 Å². The second kappa shape index (κ2) is 8.16. The number of nitrogens with zero attached hydrogens (tertiary/aromatic N) is 2. The van der Waals surface area contributed by atoms with Gasteiger partial charge in [-0.1, -0.05) is 29.8 Å². The van der Waals surface area contributed by atoms with Crippen molar-refractivity contribution >= 4 is 23.3 Å². The Balaban J connectivity index is 2.03. The van der Waals surface area contributed by atoms with Gasteiger partial charge in [-0.2, -0.15) is 5.26 Å². The number of aromatic nitrogens is 1. The minimum atomic E-state index is 0.549. The van der Waals surface area contributed by atoms with Crippen LogP contribution in [0.1, 0.15) is 29.4 Å². The highest BCUT2D eigenvalue weighted by molar-refractivity contribution is 6.32. The Bertz CT molecular complexity index is 1020. The van der Waals surface area contributed by atoms with E-state index in [9.17, 15) is 5.26 Å². The Morgan fingerprint density at radius 1 is 1.15 bits per heavy atom. The molecule has 0 unspecified atom stereocenters. The molecule has 3 rings (SSSR count). The first-order valence-electron chi connectivity index (χ1n) is 8.84. The predicted octanol–water partition coefficient (Wildman–Crippen LogP) is 6.21. The summed E-state index contributed by atoms with van der Waals surface area (Å²) >= 11 is 6.27. The Kier molecular flexibility index (Phi) is 5.69. The van der Waals surface area contributed by atoms with Crippen molar-refractivity contribution in [1.29, 1.82) is 5.26 Å². The van der Waals surface area contributed by atoms with E-state index in [0.29, 0.717) is 17.2 Å². The standard InChI is InChI=1S/C23H21ClN2O/c1-4-27-21-11-9-20(10-12-21)26-16(2)13-18(17(26)3)14-19(15-25)22-7-5-6-8-23(22)24/h5-14H,4H2,1-3H3. The molecule has 0 saturated carbocycles. The second-order valence-electron chi connectivity index (χ2n) is 6.24. The number of aryl methyl sites for hydroxylation is 1. The fourth-order valence-electron chi connectivity index (χ4n) is 3.19. The third kappa shape index (κ3) is 3.92. The maximum Gasteiger partial charge on any atom is 0.119 e. The van der Waals surface area contributed by atoms with Crippen molar-refractivity contribution in [1.82, 2.24) is 4.57 Å². The molecule has 0 fully saturated rings. The van der Waals surface area contributed by atoms with Crippen molar-refractivity contribution in [3.63, 3.8) is 0 Å². The Hall–Kier alpha value is -2.96. The number of halogens is 1. The van der Waals surface area contributed by atoms with Crippen LogP contribution in [-0.2, 0) is 0 Å². The van der Waals surface area contributed by atoms with Crippen molar-refractivity contribution in [3.05, 3.63) is 82.1 Å². The molecule has 1 aromatic heterocycles. The molecule has 27 heavy (non-hydrogen) atoms. The van der Waals surface area contributed by atoms with Crippen LogP contribution < -0.4 is 4.74 Å². The summed E-state index contributed by atoms with van der Waals surface area (Å²) in [7, 11) is 0. The summed E-state index contributed by atoms with van der Waals surface area (Å²) in [4.78, 5) is 0. The Morgan fingerprint density at radius 3 is 2.48 bits per heavy atom. The van der Waals surface area contributed by atoms with Crippen LogP contribution in [0, 0.1) is 25.2 Å². The van der Waals surface area contributed by atoms with E-state index in [0.717, 1.165) is 34.0 Å². The molecule has 0 aliphatic carbocycles. The molecule has 136 valence electrons. The van der Waals surface area contributed by atoms with Crippen molar-refractivity contribution in [2.75, 3.05) is 6.61 Å². The molecule has 3 aromatic rings. The molecular weight excluding hydrogens is 356 g/mol. The van der Waals surface area contributed by atoms with E-state index in [1.165, 1.54) is 0 Å². The summed E-state index contributed by atoms with van der Waals surface area (Å²) < 4.78 is 7.69. The van der Waals surface area contributed by atoms with Crippen LogP contribution in [0.5, 0.6) is 5.75 Å². The molecule has 2 aromatic carbocycles. The van der Waals surface area contributed by atoms with Gasteiger partial charge in [0, 0.05) is 27.7 Å². The maximum absolute atomic E-state index is 9.63. The summed E-state index contributed by atoms with van der Waals surface area (Å²) in [6, 6.07) is 19.8. The van der Waals surface area contributed by atoms with Crippen LogP contribution in [0.2, 0.25) is 5.02 Å². The molecule has 0 radical (unpaired) electrons. The van der Waals surface area contributed by atoms with Crippen molar-refractivity contribution in [2.24, 2.45) is 0 Å². The van der Waals surface area contributed by atoms with Crippen LogP contribution in [0.3, 0.4) is 0 Å². The molecule has 0 bridgehead atoms. The SMILES string of the molecule is CCOc1ccc(-n2c(C)cc(C=C(C#N)c3ccccc3Cl)c2C)cc1. The molecule has 4 heteroatoms.